The number of nitriles is 1. The van der Waals surface area contributed by atoms with E-state index in [9.17, 15) is 15.2 Å². The van der Waals surface area contributed by atoms with Gasteiger partial charge in [0.2, 0.25) is 0 Å². The third-order valence-electron chi connectivity index (χ3n) is 4.61. The van der Waals surface area contributed by atoms with Gasteiger partial charge in [0, 0.05) is 0 Å². The van der Waals surface area contributed by atoms with Crippen LogP contribution in [0.2, 0.25) is 0 Å². The molecule has 1 aromatic carbocycles. The number of thioether (sulfide) groups is 1. The number of aromatic nitrogens is 1. The second-order valence-electron chi connectivity index (χ2n) is 6.12. The number of hydrogen-bond acceptors (Lipinski definition) is 4. The van der Waals surface area contributed by atoms with Gasteiger partial charge in [0.05, 0.1) is 0 Å². The smallest absolute Gasteiger partial charge is 0.321 e. The fraction of sp³-hybridized carbons (Fsp3) is 0.350. The van der Waals surface area contributed by atoms with Crippen molar-refractivity contribution in [2.75, 3.05) is 0 Å². The largest absolute Gasteiger partial charge is 0.480 e. The molecule has 25 heavy (non-hydrogen) atoms. The number of fused-ring (bicyclic) bond motifs is 1. The van der Waals surface area contributed by atoms with Crippen LogP contribution in [0.3, 0.4) is 0 Å². The molecule has 1 N–H and O–H groups in total. The molecule has 0 unspecified atom stereocenters. The lowest BCUT2D eigenvalue weighted by molar-refractivity contribution is -0.136. The lowest BCUT2D eigenvalue weighted by atomic mass is 9.87. The first kappa shape index (κ1) is 17.5. The van der Waals surface area contributed by atoms with Crippen LogP contribution in [-0.4, -0.2) is 16.1 Å². The maximum absolute atomic E-state index is 11.8. The zero-order valence-electron chi connectivity index (χ0n) is 14.2. The van der Waals surface area contributed by atoms with Crippen LogP contribution in [-0.2, 0) is 24.1 Å². The van der Waals surface area contributed by atoms with E-state index in [-0.39, 0.29) is 0 Å². The van der Waals surface area contributed by atoms with Gasteiger partial charge in [-0.3, -0.25) is 4.79 Å². The molecular weight excluding hydrogens is 332 g/mol. The topological polar surface area (TPSA) is 74.0 Å². The van der Waals surface area contributed by atoms with Gasteiger partial charge in [0.15, 0.2) is 0 Å². The highest BCUT2D eigenvalue weighted by Gasteiger charge is 2.27. The summed E-state index contributed by atoms with van der Waals surface area (Å²) in [6, 6.07) is 11.4. The summed E-state index contributed by atoms with van der Waals surface area (Å²) in [5, 5.41) is 19.2. The van der Waals surface area contributed by atoms with Gasteiger partial charge in [-0.05, 0) is 54.4 Å². The van der Waals surface area contributed by atoms with Crippen molar-refractivity contribution < 1.29 is 9.90 Å². The van der Waals surface area contributed by atoms with Crippen LogP contribution in [0.1, 0.15) is 53.0 Å². The van der Waals surface area contributed by atoms with E-state index in [4.69, 9.17) is 0 Å². The summed E-state index contributed by atoms with van der Waals surface area (Å²) < 4.78 is 0. The minimum Gasteiger partial charge on any atom is -0.480 e. The van der Waals surface area contributed by atoms with E-state index in [1.54, 1.807) is 0 Å². The van der Waals surface area contributed by atoms with E-state index in [1.807, 2.05) is 30.3 Å². The molecule has 0 amide bonds. The third-order valence-corrected chi connectivity index (χ3v) is 5.88. The van der Waals surface area contributed by atoms with Gasteiger partial charge in [0.25, 0.3) is 0 Å². The van der Waals surface area contributed by atoms with Crippen molar-refractivity contribution >= 4 is 17.7 Å². The van der Waals surface area contributed by atoms with Gasteiger partial charge < -0.3 is 5.11 Å². The summed E-state index contributed by atoms with van der Waals surface area (Å²) in [5.74, 6) is -0.892. The molecule has 0 radical (unpaired) electrons. The number of aliphatic carboxylic acids is 1. The Kier molecular flexibility index (Phi) is 5.40. The number of carboxylic acids is 1. The van der Waals surface area contributed by atoms with Crippen LogP contribution in [0.5, 0.6) is 0 Å². The Labute approximate surface area is 151 Å². The monoisotopic (exact) mass is 352 g/mol. The summed E-state index contributed by atoms with van der Waals surface area (Å²) in [4.78, 5) is 16.4. The molecule has 0 saturated carbocycles. The summed E-state index contributed by atoms with van der Waals surface area (Å²) in [5.41, 5.74) is 4.61. The highest BCUT2D eigenvalue weighted by Crippen LogP contribution is 2.40. The van der Waals surface area contributed by atoms with E-state index < -0.39 is 11.2 Å². The first-order valence-corrected chi connectivity index (χ1v) is 9.42. The number of carbonyl (C=O) groups is 1. The molecule has 1 atom stereocenters. The molecule has 3 rings (SSSR count). The molecule has 128 valence electrons. The molecule has 5 heteroatoms. The minimum atomic E-state index is -0.892. The lowest BCUT2D eigenvalue weighted by Crippen LogP contribution is -2.14. The van der Waals surface area contributed by atoms with Crippen molar-refractivity contribution in [3.8, 4) is 6.07 Å². The Balaban J connectivity index is 2.07. The van der Waals surface area contributed by atoms with Gasteiger partial charge >= 0.3 is 5.97 Å². The zero-order chi connectivity index (χ0) is 17.8. The van der Waals surface area contributed by atoms with Crippen LogP contribution in [0.15, 0.2) is 35.4 Å². The van der Waals surface area contributed by atoms with E-state index >= 15 is 0 Å². The molecule has 2 aromatic rings. The molecule has 1 aromatic heterocycles. The second-order valence-corrected chi connectivity index (χ2v) is 7.21. The SMILES string of the molecule is CCc1c(S[C@@H](C(=O)O)c2ccccc2)nc(C#N)c2c1CCCC2. The number of rotatable bonds is 5. The number of pyridine rings is 1. The van der Waals surface area contributed by atoms with Gasteiger partial charge in [-0.2, -0.15) is 5.26 Å². The Bertz CT molecular complexity index is 828. The summed E-state index contributed by atoms with van der Waals surface area (Å²) in [7, 11) is 0. The fourth-order valence-electron chi connectivity index (χ4n) is 3.42. The predicted molar refractivity (Wildman–Crippen MR) is 97.6 cm³/mol. The average molecular weight is 352 g/mol. The highest BCUT2D eigenvalue weighted by atomic mass is 32.2. The minimum absolute atomic E-state index is 0.464. The van der Waals surface area contributed by atoms with Crippen LogP contribution < -0.4 is 0 Å². The van der Waals surface area contributed by atoms with E-state index in [0.29, 0.717) is 10.7 Å². The predicted octanol–water partition coefficient (Wildman–Crippen LogP) is 4.31. The number of nitrogens with zero attached hydrogens (tertiary/aromatic N) is 2. The lowest BCUT2D eigenvalue weighted by Gasteiger charge is -2.23. The van der Waals surface area contributed by atoms with E-state index in [2.05, 4.69) is 18.0 Å². The van der Waals surface area contributed by atoms with Crippen LogP contribution in [0.25, 0.3) is 0 Å². The summed E-state index contributed by atoms with van der Waals surface area (Å²) >= 11 is 1.24. The van der Waals surface area contributed by atoms with Crippen molar-refractivity contribution in [3.63, 3.8) is 0 Å². The molecule has 1 aliphatic rings. The van der Waals surface area contributed by atoms with Crippen molar-refractivity contribution in [3.05, 3.63) is 58.3 Å². The first-order chi connectivity index (χ1) is 12.2. The van der Waals surface area contributed by atoms with Gasteiger partial charge in [0.1, 0.15) is 22.0 Å². The van der Waals surface area contributed by atoms with E-state index in [0.717, 1.165) is 48.8 Å². The molecule has 4 nitrogen and oxygen atoms in total. The number of hydrogen-bond donors (Lipinski definition) is 1. The molecule has 1 heterocycles. The standard InChI is InChI=1S/C20H20N2O2S/c1-2-14-15-10-6-7-11-16(15)17(12-21)22-19(14)25-18(20(23)24)13-8-4-3-5-9-13/h3-5,8-9,18H,2,6-7,10-11H2,1H3,(H,23,24)/t18-/m1/s1. The van der Waals surface area contributed by atoms with Gasteiger partial charge in [-0.15, -0.1) is 0 Å². The quantitative estimate of drug-likeness (QED) is 0.812. The van der Waals surface area contributed by atoms with Crippen molar-refractivity contribution in [2.24, 2.45) is 0 Å². The van der Waals surface area contributed by atoms with Crippen molar-refractivity contribution in [1.82, 2.24) is 4.98 Å². The maximum atomic E-state index is 11.8. The summed E-state index contributed by atoms with van der Waals surface area (Å²) in [6.07, 6.45) is 4.84. The second kappa shape index (κ2) is 7.71. The van der Waals surface area contributed by atoms with Crippen molar-refractivity contribution in [2.45, 2.75) is 49.3 Å². The van der Waals surface area contributed by atoms with E-state index in [1.165, 1.54) is 17.3 Å². The molecule has 0 fully saturated rings. The Morgan fingerprint density at radius 1 is 1.28 bits per heavy atom. The normalized spacial score (nSPS) is 14.4. The maximum Gasteiger partial charge on any atom is 0.321 e. The fourth-order valence-corrected chi connectivity index (χ4v) is 4.59. The molecule has 0 saturated heterocycles. The zero-order valence-corrected chi connectivity index (χ0v) is 15.0. The van der Waals surface area contributed by atoms with Crippen LogP contribution >= 0.6 is 11.8 Å². The Morgan fingerprint density at radius 2 is 1.96 bits per heavy atom. The highest BCUT2D eigenvalue weighted by molar-refractivity contribution is 8.00. The molecule has 1 aliphatic carbocycles. The third kappa shape index (κ3) is 3.54. The Hall–Kier alpha value is -2.32. The van der Waals surface area contributed by atoms with Crippen LogP contribution in [0.4, 0.5) is 0 Å². The number of carboxylic acid groups (broad SMARTS) is 1. The van der Waals surface area contributed by atoms with Gasteiger partial charge in [-0.25, -0.2) is 4.98 Å². The molecule has 0 aliphatic heterocycles. The number of benzene rings is 1. The molecule has 0 spiro atoms. The average Bonchev–Trinajstić information content (AvgIpc) is 2.65. The van der Waals surface area contributed by atoms with Crippen molar-refractivity contribution in [1.29, 1.82) is 5.26 Å². The molecule has 0 bridgehead atoms. The summed E-state index contributed by atoms with van der Waals surface area (Å²) in [6.45, 7) is 2.07. The Morgan fingerprint density at radius 3 is 2.56 bits per heavy atom. The molecular formula is C20H20N2O2S. The first-order valence-electron chi connectivity index (χ1n) is 8.54. The van der Waals surface area contributed by atoms with Gasteiger partial charge in [-0.1, -0.05) is 49.0 Å². The van der Waals surface area contributed by atoms with Crippen LogP contribution in [0, 0.1) is 11.3 Å².